The molecule has 0 aliphatic carbocycles. The lowest BCUT2D eigenvalue weighted by molar-refractivity contribution is -0.384. The van der Waals surface area contributed by atoms with Crippen LogP contribution in [-0.2, 0) is 11.3 Å². The quantitative estimate of drug-likeness (QED) is 0.674. The maximum absolute atomic E-state index is 11.0. The maximum atomic E-state index is 11.0. The number of rotatable bonds is 4. The molecule has 2 rings (SSSR count). The third-order valence-corrected chi connectivity index (χ3v) is 3.90. The van der Waals surface area contributed by atoms with Gasteiger partial charge in [0.15, 0.2) is 0 Å². The van der Waals surface area contributed by atoms with Crippen molar-refractivity contribution in [2.45, 2.75) is 32.4 Å². The summed E-state index contributed by atoms with van der Waals surface area (Å²) < 4.78 is 0. The van der Waals surface area contributed by atoms with Gasteiger partial charge in [0.05, 0.1) is 10.8 Å². The Morgan fingerprint density at radius 2 is 2.10 bits per heavy atom. The Kier molecular flexibility index (Phi) is 4.34. The number of carboxylic acid groups (broad SMARTS) is 1. The van der Waals surface area contributed by atoms with Crippen LogP contribution in [0.15, 0.2) is 24.3 Å². The monoisotopic (exact) mass is 278 g/mol. The molecule has 1 heterocycles. The molecule has 108 valence electrons. The fourth-order valence-corrected chi connectivity index (χ4v) is 2.64. The summed E-state index contributed by atoms with van der Waals surface area (Å²) in [6, 6.07) is 6.73. The van der Waals surface area contributed by atoms with Crippen LogP contribution in [0.25, 0.3) is 0 Å². The van der Waals surface area contributed by atoms with Crippen molar-refractivity contribution in [2.75, 3.05) is 6.54 Å². The molecule has 2 unspecified atom stereocenters. The average Bonchev–Trinajstić information content (AvgIpc) is 2.41. The molecule has 1 N–H and O–H groups in total. The SMILES string of the molecule is CC1CC(C(=O)O)CCN1Cc1ccc([N+](=O)[O-])cc1. The van der Waals surface area contributed by atoms with Gasteiger partial charge in [0, 0.05) is 24.7 Å². The molecular weight excluding hydrogens is 260 g/mol. The highest BCUT2D eigenvalue weighted by Gasteiger charge is 2.29. The van der Waals surface area contributed by atoms with E-state index in [1.54, 1.807) is 12.1 Å². The lowest BCUT2D eigenvalue weighted by Gasteiger charge is -2.36. The van der Waals surface area contributed by atoms with Gasteiger partial charge in [-0.05, 0) is 31.9 Å². The Balaban J connectivity index is 1.97. The number of hydrogen-bond acceptors (Lipinski definition) is 4. The van der Waals surface area contributed by atoms with E-state index in [1.807, 2.05) is 6.92 Å². The molecule has 1 aliphatic heterocycles. The molecule has 0 aromatic heterocycles. The summed E-state index contributed by atoms with van der Waals surface area (Å²) in [7, 11) is 0. The summed E-state index contributed by atoms with van der Waals surface area (Å²) in [6.07, 6.45) is 1.31. The molecule has 1 aromatic rings. The number of nitrogens with zero attached hydrogens (tertiary/aromatic N) is 2. The van der Waals surface area contributed by atoms with Crippen LogP contribution in [0.2, 0.25) is 0 Å². The van der Waals surface area contributed by atoms with Crippen LogP contribution in [0.3, 0.4) is 0 Å². The van der Waals surface area contributed by atoms with E-state index in [0.29, 0.717) is 19.4 Å². The molecule has 1 saturated heterocycles. The first kappa shape index (κ1) is 14.5. The number of piperidine rings is 1. The first-order valence-electron chi connectivity index (χ1n) is 6.67. The molecule has 1 aliphatic rings. The van der Waals surface area contributed by atoms with Crippen molar-refractivity contribution in [3.63, 3.8) is 0 Å². The van der Waals surface area contributed by atoms with E-state index in [0.717, 1.165) is 12.1 Å². The topological polar surface area (TPSA) is 83.7 Å². The fourth-order valence-electron chi connectivity index (χ4n) is 2.64. The number of aliphatic carboxylic acids is 1. The van der Waals surface area contributed by atoms with Crippen molar-refractivity contribution in [3.05, 3.63) is 39.9 Å². The second kappa shape index (κ2) is 6.00. The minimum absolute atomic E-state index is 0.0892. The highest BCUT2D eigenvalue weighted by atomic mass is 16.6. The van der Waals surface area contributed by atoms with E-state index in [9.17, 15) is 14.9 Å². The number of likely N-dealkylation sites (tertiary alicyclic amines) is 1. The van der Waals surface area contributed by atoms with Crippen LogP contribution in [0.1, 0.15) is 25.3 Å². The molecule has 20 heavy (non-hydrogen) atoms. The van der Waals surface area contributed by atoms with Crippen LogP contribution in [0.5, 0.6) is 0 Å². The van der Waals surface area contributed by atoms with Crippen molar-refractivity contribution in [1.82, 2.24) is 4.90 Å². The van der Waals surface area contributed by atoms with E-state index >= 15 is 0 Å². The van der Waals surface area contributed by atoms with E-state index in [2.05, 4.69) is 4.90 Å². The van der Waals surface area contributed by atoms with Crippen molar-refractivity contribution in [2.24, 2.45) is 5.92 Å². The fraction of sp³-hybridized carbons (Fsp3) is 0.500. The van der Waals surface area contributed by atoms with Gasteiger partial charge in [-0.25, -0.2) is 0 Å². The van der Waals surface area contributed by atoms with Crippen LogP contribution < -0.4 is 0 Å². The molecule has 0 spiro atoms. The van der Waals surface area contributed by atoms with Gasteiger partial charge in [0.1, 0.15) is 0 Å². The normalized spacial score (nSPS) is 23.4. The number of hydrogen-bond donors (Lipinski definition) is 1. The van der Waals surface area contributed by atoms with Crippen LogP contribution >= 0.6 is 0 Å². The number of nitro benzene ring substituents is 1. The van der Waals surface area contributed by atoms with Gasteiger partial charge in [-0.2, -0.15) is 0 Å². The molecule has 1 fully saturated rings. The molecule has 1 aromatic carbocycles. The Labute approximate surface area is 117 Å². The van der Waals surface area contributed by atoms with Gasteiger partial charge in [-0.3, -0.25) is 19.8 Å². The Hall–Kier alpha value is -1.95. The average molecular weight is 278 g/mol. The van der Waals surface area contributed by atoms with Crippen LogP contribution in [0, 0.1) is 16.0 Å². The number of nitro groups is 1. The lowest BCUT2D eigenvalue weighted by Crippen LogP contribution is -2.42. The van der Waals surface area contributed by atoms with Gasteiger partial charge in [-0.15, -0.1) is 0 Å². The Morgan fingerprint density at radius 1 is 1.45 bits per heavy atom. The van der Waals surface area contributed by atoms with Crippen molar-refractivity contribution in [1.29, 1.82) is 0 Å². The summed E-state index contributed by atoms with van der Waals surface area (Å²) in [5.41, 5.74) is 1.10. The van der Waals surface area contributed by atoms with Crippen LogP contribution in [-0.4, -0.2) is 33.5 Å². The molecule has 0 bridgehead atoms. The van der Waals surface area contributed by atoms with Crippen molar-refractivity contribution in [3.8, 4) is 0 Å². The molecular formula is C14H18N2O4. The third kappa shape index (κ3) is 3.33. The summed E-state index contributed by atoms with van der Waals surface area (Å²) in [5, 5.41) is 19.6. The summed E-state index contributed by atoms with van der Waals surface area (Å²) in [4.78, 5) is 23.4. The summed E-state index contributed by atoms with van der Waals surface area (Å²) in [6.45, 7) is 3.47. The lowest BCUT2D eigenvalue weighted by atomic mass is 9.91. The second-order valence-corrected chi connectivity index (χ2v) is 5.30. The number of non-ortho nitro benzene ring substituents is 1. The molecule has 0 saturated carbocycles. The largest absolute Gasteiger partial charge is 0.481 e. The predicted molar refractivity (Wildman–Crippen MR) is 73.3 cm³/mol. The highest BCUT2D eigenvalue weighted by molar-refractivity contribution is 5.70. The predicted octanol–water partition coefficient (Wildman–Crippen LogP) is 2.28. The molecule has 0 radical (unpaired) electrons. The number of benzene rings is 1. The van der Waals surface area contributed by atoms with Gasteiger partial charge < -0.3 is 5.11 Å². The van der Waals surface area contributed by atoms with E-state index in [-0.39, 0.29) is 17.6 Å². The molecule has 2 atom stereocenters. The zero-order chi connectivity index (χ0) is 14.7. The number of carbonyl (C=O) groups is 1. The summed E-state index contributed by atoms with van der Waals surface area (Å²) >= 11 is 0. The smallest absolute Gasteiger partial charge is 0.306 e. The van der Waals surface area contributed by atoms with Gasteiger partial charge in [0.2, 0.25) is 0 Å². The van der Waals surface area contributed by atoms with Crippen molar-refractivity contribution < 1.29 is 14.8 Å². The zero-order valence-electron chi connectivity index (χ0n) is 11.4. The maximum Gasteiger partial charge on any atom is 0.306 e. The molecule has 6 heteroatoms. The Morgan fingerprint density at radius 3 is 2.60 bits per heavy atom. The first-order valence-corrected chi connectivity index (χ1v) is 6.67. The molecule has 0 amide bonds. The molecule has 6 nitrogen and oxygen atoms in total. The third-order valence-electron chi connectivity index (χ3n) is 3.90. The number of carboxylic acids is 1. The zero-order valence-corrected chi connectivity index (χ0v) is 11.4. The summed E-state index contributed by atoms with van der Waals surface area (Å²) in [5.74, 6) is -0.968. The first-order chi connectivity index (χ1) is 9.47. The van der Waals surface area contributed by atoms with Gasteiger partial charge in [0.25, 0.3) is 5.69 Å². The van der Waals surface area contributed by atoms with Crippen LogP contribution in [0.4, 0.5) is 5.69 Å². The van der Waals surface area contributed by atoms with E-state index in [1.165, 1.54) is 12.1 Å². The Bertz CT molecular complexity index is 500. The second-order valence-electron chi connectivity index (χ2n) is 5.30. The highest BCUT2D eigenvalue weighted by Crippen LogP contribution is 2.25. The van der Waals surface area contributed by atoms with E-state index in [4.69, 9.17) is 5.11 Å². The van der Waals surface area contributed by atoms with E-state index < -0.39 is 10.9 Å². The minimum Gasteiger partial charge on any atom is -0.481 e. The van der Waals surface area contributed by atoms with Gasteiger partial charge in [-0.1, -0.05) is 12.1 Å². The standard InChI is InChI=1S/C14H18N2O4/c1-10-8-12(14(17)18)6-7-15(10)9-11-2-4-13(5-3-11)16(19)20/h2-5,10,12H,6-9H2,1H3,(H,17,18). The minimum atomic E-state index is -0.716. The van der Waals surface area contributed by atoms with Gasteiger partial charge >= 0.3 is 5.97 Å². The van der Waals surface area contributed by atoms with Crippen molar-refractivity contribution >= 4 is 11.7 Å².